The van der Waals surface area contributed by atoms with Crippen molar-refractivity contribution in [2.24, 2.45) is 0 Å². The van der Waals surface area contributed by atoms with E-state index in [1.165, 1.54) is 0 Å². The molecule has 0 fully saturated rings. The molecule has 9 heteroatoms. The SMILES string of the molecule is O=[N+]([O-])c1cc([N+](=O)[O-])cc([PH](=O)Cl)c1. The van der Waals surface area contributed by atoms with Crippen molar-refractivity contribution in [1.82, 2.24) is 0 Å². The van der Waals surface area contributed by atoms with Crippen LogP contribution < -0.4 is 5.30 Å². The average molecular weight is 251 g/mol. The molecule has 1 aromatic rings. The molecule has 0 spiro atoms. The number of nitro groups is 2. The molecule has 0 bridgehead atoms. The molecular formula is C6H4ClN2O5P. The van der Waals surface area contributed by atoms with Crippen molar-refractivity contribution >= 4 is 35.1 Å². The summed E-state index contributed by atoms with van der Waals surface area (Å²) in [5, 5.41) is 20.7. The van der Waals surface area contributed by atoms with Gasteiger partial charge in [0.2, 0.25) is 0 Å². The lowest BCUT2D eigenvalue weighted by molar-refractivity contribution is -0.394. The topological polar surface area (TPSA) is 103 Å². The molecule has 15 heavy (non-hydrogen) atoms. The van der Waals surface area contributed by atoms with Gasteiger partial charge in [0.25, 0.3) is 11.4 Å². The molecule has 0 saturated carbocycles. The van der Waals surface area contributed by atoms with Gasteiger partial charge in [0.05, 0.1) is 15.9 Å². The van der Waals surface area contributed by atoms with Gasteiger partial charge in [-0.2, -0.15) is 0 Å². The summed E-state index contributed by atoms with van der Waals surface area (Å²) in [5.41, 5.74) is -1.00. The van der Waals surface area contributed by atoms with Gasteiger partial charge in [0.1, 0.15) is 0 Å². The number of nitro benzene ring substituents is 2. The number of nitrogens with zero attached hydrogens (tertiary/aromatic N) is 2. The van der Waals surface area contributed by atoms with Crippen LogP contribution in [0.2, 0.25) is 0 Å². The van der Waals surface area contributed by atoms with Crippen molar-refractivity contribution in [3.63, 3.8) is 0 Å². The van der Waals surface area contributed by atoms with E-state index >= 15 is 0 Å². The van der Waals surface area contributed by atoms with Crippen molar-refractivity contribution < 1.29 is 14.4 Å². The Labute approximate surface area is 88.5 Å². The van der Waals surface area contributed by atoms with Gasteiger partial charge in [0.15, 0.2) is 7.15 Å². The van der Waals surface area contributed by atoms with Crippen LogP contribution >= 0.6 is 18.4 Å². The predicted octanol–water partition coefficient (Wildman–Crippen LogP) is 1.84. The third-order valence-corrected chi connectivity index (χ3v) is 2.95. The van der Waals surface area contributed by atoms with E-state index in [9.17, 15) is 24.8 Å². The van der Waals surface area contributed by atoms with E-state index in [4.69, 9.17) is 11.2 Å². The molecule has 0 aliphatic rings. The second-order valence-electron chi connectivity index (χ2n) is 2.53. The largest absolute Gasteiger partial charge is 0.305 e. The highest BCUT2D eigenvalue weighted by Crippen LogP contribution is 2.30. The van der Waals surface area contributed by atoms with Gasteiger partial charge in [-0.3, -0.25) is 20.2 Å². The van der Waals surface area contributed by atoms with Crippen LogP contribution in [0.4, 0.5) is 11.4 Å². The van der Waals surface area contributed by atoms with Crippen LogP contribution in [0.15, 0.2) is 18.2 Å². The summed E-state index contributed by atoms with van der Waals surface area (Å²) in [6.07, 6.45) is 0. The Hall–Kier alpha value is -1.46. The Balaban J connectivity index is 3.39. The Morgan fingerprint density at radius 3 is 1.73 bits per heavy atom. The van der Waals surface area contributed by atoms with E-state index in [1.54, 1.807) is 0 Å². The first-order valence-electron chi connectivity index (χ1n) is 3.55. The predicted molar refractivity (Wildman–Crippen MR) is 54.2 cm³/mol. The van der Waals surface area contributed by atoms with Crippen LogP contribution in [-0.4, -0.2) is 9.85 Å². The molecule has 0 aromatic heterocycles. The smallest absolute Gasteiger partial charge is 0.277 e. The monoisotopic (exact) mass is 250 g/mol. The Morgan fingerprint density at radius 2 is 1.47 bits per heavy atom. The lowest BCUT2D eigenvalue weighted by Gasteiger charge is -1.96. The zero-order valence-corrected chi connectivity index (χ0v) is 8.80. The molecule has 1 aromatic carbocycles. The van der Waals surface area contributed by atoms with E-state index < -0.39 is 28.4 Å². The molecule has 0 radical (unpaired) electrons. The molecule has 0 aliphatic heterocycles. The third kappa shape index (κ3) is 2.74. The zero-order valence-electron chi connectivity index (χ0n) is 7.05. The van der Waals surface area contributed by atoms with E-state index in [0.29, 0.717) is 0 Å². The van der Waals surface area contributed by atoms with Gasteiger partial charge >= 0.3 is 0 Å². The maximum Gasteiger partial charge on any atom is 0.277 e. The fraction of sp³-hybridized carbons (Fsp3) is 0. The molecule has 0 amide bonds. The third-order valence-electron chi connectivity index (χ3n) is 1.55. The van der Waals surface area contributed by atoms with E-state index in [1.807, 2.05) is 0 Å². The second kappa shape index (κ2) is 4.37. The summed E-state index contributed by atoms with van der Waals surface area (Å²) < 4.78 is 10.9. The second-order valence-corrected chi connectivity index (χ2v) is 4.68. The molecule has 0 heterocycles. The quantitative estimate of drug-likeness (QED) is 0.462. The molecule has 1 unspecified atom stereocenters. The summed E-state index contributed by atoms with van der Waals surface area (Å²) in [4.78, 5) is 19.2. The Bertz CT molecular complexity index is 384. The van der Waals surface area contributed by atoms with Crippen LogP contribution in [0.3, 0.4) is 0 Å². The molecule has 0 aliphatic carbocycles. The van der Waals surface area contributed by atoms with Crippen LogP contribution in [0.1, 0.15) is 0 Å². The minimum atomic E-state index is -2.71. The van der Waals surface area contributed by atoms with Crippen LogP contribution in [0.25, 0.3) is 0 Å². The highest BCUT2D eigenvalue weighted by atomic mass is 35.7. The van der Waals surface area contributed by atoms with Crippen molar-refractivity contribution in [2.75, 3.05) is 0 Å². The van der Waals surface area contributed by atoms with Crippen LogP contribution in [0, 0.1) is 20.2 Å². The fourth-order valence-electron chi connectivity index (χ4n) is 0.919. The molecule has 7 nitrogen and oxygen atoms in total. The number of benzene rings is 1. The molecule has 0 saturated heterocycles. The molecule has 1 rings (SSSR count). The summed E-state index contributed by atoms with van der Waals surface area (Å²) in [6, 6.07) is 2.70. The number of hydrogen-bond acceptors (Lipinski definition) is 5. The maximum absolute atomic E-state index is 10.9. The molecular weight excluding hydrogens is 247 g/mol. The van der Waals surface area contributed by atoms with Crippen molar-refractivity contribution in [3.8, 4) is 0 Å². The van der Waals surface area contributed by atoms with E-state index in [-0.39, 0.29) is 5.30 Å². The van der Waals surface area contributed by atoms with Crippen molar-refractivity contribution in [2.45, 2.75) is 0 Å². The number of rotatable bonds is 3. The highest BCUT2D eigenvalue weighted by Gasteiger charge is 2.17. The van der Waals surface area contributed by atoms with Gasteiger partial charge in [-0.25, -0.2) is 0 Å². The van der Waals surface area contributed by atoms with Crippen LogP contribution in [-0.2, 0) is 4.57 Å². The van der Waals surface area contributed by atoms with Crippen LogP contribution in [0.5, 0.6) is 0 Å². The maximum atomic E-state index is 10.9. The highest BCUT2D eigenvalue weighted by molar-refractivity contribution is 7.80. The standard InChI is InChI=1S/C6H4ClN2O5P/c7-15(14)6-2-4(8(10)11)1-5(3-6)9(12)13/h1-3,15H. The lowest BCUT2D eigenvalue weighted by atomic mass is 10.3. The average Bonchev–Trinajstić information content (AvgIpc) is 2.16. The normalized spacial score (nSPS) is 12.1. The number of non-ortho nitro benzene ring substituents is 2. The summed E-state index contributed by atoms with van der Waals surface area (Å²) in [6.45, 7) is 0. The van der Waals surface area contributed by atoms with Gasteiger partial charge in [-0.1, -0.05) is 11.2 Å². The summed E-state index contributed by atoms with van der Waals surface area (Å²) >= 11 is 5.26. The van der Waals surface area contributed by atoms with Gasteiger partial charge in [0, 0.05) is 17.4 Å². The molecule has 1 atom stereocenters. The summed E-state index contributed by atoms with van der Waals surface area (Å²) in [7, 11) is -2.71. The Kier molecular flexibility index (Phi) is 3.39. The fourth-order valence-corrected chi connectivity index (χ4v) is 1.77. The molecule has 0 N–H and O–H groups in total. The van der Waals surface area contributed by atoms with Crippen molar-refractivity contribution in [3.05, 3.63) is 38.4 Å². The zero-order chi connectivity index (χ0) is 11.6. The minimum absolute atomic E-state index is 0.0948. The van der Waals surface area contributed by atoms with Gasteiger partial charge in [-0.05, 0) is 0 Å². The van der Waals surface area contributed by atoms with Gasteiger partial charge < -0.3 is 4.57 Å². The van der Waals surface area contributed by atoms with E-state index in [0.717, 1.165) is 18.2 Å². The minimum Gasteiger partial charge on any atom is -0.305 e. The lowest BCUT2D eigenvalue weighted by Crippen LogP contribution is -2.01. The van der Waals surface area contributed by atoms with E-state index in [2.05, 4.69) is 0 Å². The van der Waals surface area contributed by atoms with Gasteiger partial charge in [-0.15, -0.1) is 0 Å². The molecule has 80 valence electrons. The first-order chi connectivity index (χ1) is 6.91. The first-order valence-corrected chi connectivity index (χ1v) is 5.97. The number of hydrogen-bond donors (Lipinski definition) is 0. The first kappa shape index (κ1) is 11.6. The number of halogens is 1. The Morgan fingerprint density at radius 1 is 1.07 bits per heavy atom. The van der Waals surface area contributed by atoms with Crippen molar-refractivity contribution in [1.29, 1.82) is 0 Å². The summed E-state index contributed by atoms with van der Waals surface area (Å²) in [5.74, 6) is 0.